The first kappa shape index (κ1) is 21.6. The Kier molecular flexibility index (Phi) is 7.30. The van der Waals surface area contributed by atoms with Crippen LogP contribution in [0.3, 0.4) is 0 Å². The summed E-state index contributed by atoms with van der Waals surface area (Å²) < 4.78 is 10.6. The Morgan fingerprint density at radius 2 is 1.63 bits per heavy atom. The SMILES string of the molecule is CO[C@@H](Cc1ccc(OCC(=O)N2CCN(c3ccc(C)cc3)CC2)cc1)C(=O)O. The van der Waals surface area contributed by atoms with Crippen molar-refractivity contribution >= 4 is 17.6 Å². The van der Waals surface area contributed by atoms with E-state index in [1.54, 1.807) is 24.3 Å². The normalized spacial score (nSPS) is 15.0. The first-order valence-electron chi connectivity index (χ1n) is 10.0. The van der Waals surface area contributed by atoms with Crippen LogP contribution in [-0.4, -0.2) is 67.9 Å². The van der Waals surface area contributed by atoms with Crippen molar-refractivity contribution in [1.82, 2.24) is 4.90 Å². The molecule has 7 heteroatoms. The average Bonchev–Trinajstić information content (AvgIpc) is 2.77. The van der Waals surface area contributed by atoms with Gasteiger partial charge in [-0.25, -0.2) is 4.79 Å². The van der Waals surface area contributed by atoms with Gasteiger partial charge in [0.15, 0.2) is 12.7 Å². The van der Waals surface area contributed by atoms with E-state index in [1.165, 1.54) is 18.4 Å². The van der Waals surface area contributed by atoms with Crippen molar-refractivity contribution in [3.05, 3.63) is 59.7 Å². The molecule has 1 heterocycles. The quantitative estimate of drug-likeness (QED) is 0.717. The van der Waals surface area contributed by atoms with E-state index in [0.29, 0.717) is 18.8 Å². The van der Waals surface area contributed by atoms with Gasteiger partial charge in [-0.3, -0.25) is 4.79 Å². The lowest BCUT2D eigenvalue weighted by atomic mass is 10.1. The van der Waals surface area contributed by atoms with E-state index in [2.05, 4.69) is 36.1 Å². The summed E-state index contributed by atoms with van der Waals surface area (Å²) in [4.78, 5) is 27.6. The second-order valence-corrected chi connectivity index (χ2v) is 7.40. The van der Waals surface area contributed by atoms with Gasteiger partial charge in [0.25, 0.3) is 5.91 Å². The molecule has 0 radical (unpaired) electrons. The van der Waals surface area contributed by atoms with Crippen LogP contribution in [0.2, 0.25) is 0 Å². The van der Waals surface area contributed by atoms with Crippen molar-refractivity contribution in [1.29, 1.82) is 0 Å². The van der Waals surface area contributed by atoms with Gasteiger partial charge >= 0.3 is 5.97 Å². The zero-order valence-electron chi connectivity index (χ0n) is 17.4. The summed E-state index contributed by atoms with van der Waals surface area (Å²) >= 11 is 0. The van der Waals surface area contributed by atoms with Crippen LogP contribution in [0.4, 0.5) is 5.69 Å². The number of hydrogen-bond donors (Lipinski definition) is 1. The maximum Gasteiger partial charge on any atom is 0.333 e. The summed E-state index contributed by atoms with van der Waals surface area (Å²) in [5.74, 6) is -0.450. The van der Waals surface area contributed by atoms with E-state index >= 15 is 0 Å². The molecule has 30 heavy (non-hydrogen) atoms. The van der Waals surface area contributed by atoms with Crippen LogP contribution in [0, 0.1) is 6.92 Å². The number of methoxy groups -OCH3 is 1. The van der Waals surface area contributed by atoms with Crippen molar-refractivity contribution in [2.24, 2.45) is 0 Å². The summed E-state index contributed by atoms with van der Waals surface area (Å²) in [5, 5.41) is 9.06. The van der Waals surface area contributed by atoms with E-state index in [-0.39, 0.29) is 18.9 Å². The number of aryl methyl sites for hydroxylation is 1. The van der Waals surface area contributed by atoms with E-state index in [1.807, 2.05) is 4.90 Å². The Morgan fingerprint density at radius 3 is 2.20 bits per heavy atom. The second kappa shape index (κ2) is 10.1. The highest BCUT2D eigenvalue weighted by Gasteiger charge is 2.22. The standard InChI is InChI=1S/C23H28N2O5/c1-17-3-7-19(8-4-17)24-11-13-25(14-12-24)22(26)16-30-20-9-5-18(6-10-20)15-21(29-2)23(27)28/h3-10,21H,11-16H2,1-2H3,(H,27,28)/t21-/m0/s1. The molecule has 1 aliphatic rings. The molecule has 0 unspecified atom stereocenters. The van der Waals surface area contributed by atoms with Crippen LogP contribution in [0.25, 0.3) is 0 Å². The first-order valence-corrected chi connectivity index (χ1v) is 10.0. The van der Waals surface area contributed by atoms with Gasteiger partial charge in [0.2, 0.25) is 0 Å². The maximum absolute atomic E-state index is 12.5. The van der Waals surface area contributed by atoms with E-state index in [4.69, 9.17) is 14.6 Å². The number of ether oxygens (including phenoxy) is 2. The van der Waals surface area contributed by atoms with Crippen molar-refractivity contribution in [3.63, 3.8) is 0 Å². The van der Waals surface area contributed by atoms with Crippen molar-refractivity contribution in [2.75, 3.05) is 44.8 Å². The number of rotatable bonds is 8. The molecule has 160 valence electrons. The third-order valence-corrected chi connectivity index (χ3v) is 5.30. The minimum atomic E-state index is -0.995. The number of piperazine rings is 1. The number of carboxylic acids is 1. The van der Waals surface area contributed by atoms with Crippen LogP contribution < -0.4 is 9.64 Å². The van der Waals surface area contributed by atoms with Crippen molar-refractivity contribution < 1.29 is 24.2 Å². The Labute approximate surface area is 176 Å². The predicted molar refractivity (Wildman–Crippen MR) is 114 cm³/mol. The molecule has 1 aliphatic heterocycles. The molecule has 3 rings (SSSR count). The molecule has 1 atom stereocenters. The Morgan fingerprint density at radius 1 is 1.00 bits per heavy atom. The Bertz CT molecular complexity index is 843. The van der Waals surface area contributed by atoms with Crippen LogP contribution in [-0.2, 0) is 20.7 Å². The molecule has 0 saturated carbocycles. The van der Waals surface area contributed by atoms with E-state index in [0.717, 1.165) is 18.7 Å². The minimum Gasteiger partial charge on any atom is -0.484 e. The highest BCUT2D eigenvalue weighted by molar-refractivity contribution is 5.78. The van der Waals surface area contributed by atoms with E-state index < -0.39 is 12.1 Å². The Balaban J connectivity index is 1.44. The zero-order chi connectivity index (χ0) is 21.5. The van der Waals surface area contributed by atoms with Gasteiger partial charge < -0.3 is 24.4 Å². The summed E-state index contributed by atoms with van der Waals surface area (Å²) in [7, 11) is 1.38. The summed E-state index contributed by atoms with van der Waals surface area (Å²) in [6.07, 6.45) is -0.604. The monoisotopic (exact) mass is 412 g/mol. The number of amides is 1. The highest BCUT2D eigenvalue weighted by atomic mass is 16.5. The summed E-state index contributed by atoms with van der Waals surface area (Å²) in [6.45, 7) is 4.99. The van der Waals surface area contributed by atoms with Gasteiger partial charge in [0, 0.05) is 45.4 Å². The van der Waals surface area contributed by atoms with Crippen LogP contribution in [0.1, 0.15) is 11.1 Å². The van der Waals surface area contributed by atoms with Crippen LogP contribution >= 0.6 is 0 Å². The smallest absolute Gasteiger partial charge is 0.333 e. The molecule has 2 aromatic rings. The van der Waals surface area contributed by atoms with Gasteiger partial charge in [-0.2, -0.15) is 0 Å². The molecule has 0 aliphatic carbocycles. The number of nitrogens with zero attached hydrogens (tertiary/aromatic N) is 2. The molecule has 1 saturated heterocycles. The van der Waals surface area contributed by atoms with Crippen LogP contribution in [0.5, 0.6) is 5.75 Å². The molecule has 1 amide bonds. The molecule has 1 fully saturated rings. The number of carboxylic acid groups (broad SMARTS) is 1. The first-order chi connectivity index (χ1) is 14.5. The lowest BCUT2D eigenvalue weighted by Gasteiger charge is -2.36. The number of benzene rings is 2. The average molecular weight is 412 g/mol. The number of aliphatic carboxylic acids is 1. The fourth-order valence-electron chi connectivity index (χ4n) is 3.41. The topological polar surface area (TPSA) is 79.3 Å². The highest BCUT2D eigenvalue weighted by Crippen LogP contribution is 2.18. The van der Waals surface area contributed by atoms with Gasteiger partial charge in [-0.1, -0.05) is 29.8 Å². The fourth-order valence-corrected chi connectivity index (χ4v) is 3.41. The van der Waals surface area contributed by atoms with Gasteiger partial charge in [-0.15, -0.1) is 0 Å². The molecule has 0 aromatic heterocycles. The third kappa shape index (κ3) is 5.73. The molecule has 1 N–H and O–H groups in total. The van der Waals surface area contributed by atoms with Gasteiger partial charge in [0.1, 0.15) is 5.75 Å². The lowest BCUT2D eigenvalue weighted by molar-refractivity contribution is -0.148. The zero-order valence-corrected chi connectivity index (χ0v) is 17.4. The lowest BCUT2D eigenvalue weighted by Crippen LogP contribution is -2.50. The number of anilines is 1. The number of hydrogen-bond acceptors (Lipinski definition) is 5. The van der Waals surface area contributed by atoms with Gasteiger partial charge in [-0.05, 0) is 36.8 Å². The number of carbonyl (C=O) groups is 2. The van der Waals surface area contributed by atoms with Crippen molar-refractivity contribution in [3.8, 4) is 5.75 Å². The Hall–Kier alpha value is -3.06. The number of carbonyl (C=O) groups excluding carboxylic acids is 1. The fraction of sp³-hybridized carbons (Fsp3) is 0.391. The van der Waals surface area contributed by atoms with Crippen LogP contribution in [0.15, 0.2) is 48.5 Å². The van der Waals surface area contributed by atoms with Crippen molar-refractivity contribution in [2.45, 2.75) is 19.4 Å². The third-order valence-electron chi connectivity index (χ3n) is 5.30. The molecular weight excluding hydrogens is 384 g/mol. The predicted octanol–water partition coefficient (Wildman–Crippen LogP) is 2.36. The molecule has 0 spiro atoms. The van der Waals surface area contributed by atoms with Gasteiger partial charge in [0.05, 0.1) is 0 Å². The summed E-state index contributed by atoms with van der Waals surface area (Å²) in [6, 6.07) is 15.5. The minimum absolute atomic E-state index is 0.0142. The summed E-state index contributed by atoms with van der Waals surface area (Å²) in [5.41, 5.74) is 3.25. The molecule has 0 bridgehead atoms. The molecular formula is C23H28N2O5. The maximum atomic E-state index is 12.5. The molecule has 7 nitrogen and oxygen atoms in total. The second-order valence-electron chi connectivity index (χ2n) is 7.40. The largest absolute Gasteiger partial charge is 0.484 e. The van der Waals surface area contributed by atoms with E-state index in [9.17, 15) is 9.59 Å². The molecule has 2 aromatic carbocycles.